The third-order valence-corrected chi connectivity index (χ3v) is 10.5. The van der Waals surface area contributed by atoms with Crippen LogP contribution in [0, 0.1) is 11.2 Å². The average molecular weight is 676 g/mol. The standard InChI is InChI=1S/C31H36Cl2F4N4O4/c1-16(2)40-19-4-5-20(40)13-21(12-19)39(15-25(42)26-23(32)10-17(34)11-24(26)33)28(43)22-14-38-41(27(22)31(35,36)37)18-6-8-30(3,9-7-18)29(44)45/h10-11,14,16,18-21H,4-9,12-13,15H2,1-3H3,(H,44,45)/t18?,19-,20-,30?/m1/s1. The summed E-state index contributed by atoms with van der Waals surface area (Å²) in [6.07, 6.45) is -0.813. The summed E-state index contributed by atoms with van der Waals surface area (Å²) >= 11 is 12.3. The van der Waals surface area contributed by atoms with Crippen molar-refractivity contribution in [3.63, 3.8) is 0 Å². The van der Waals surface area contributed by atoms with E-state index in [1.165, 1.54) is 4.90 Å². The first-order valence-electron chi connectivity index (χ1n) is 15.2. The Morgan fingerprint density at radius 1 is 1.04 bits per heavy atom. The number of Topliss-reactive ketones (excluding diaryl/α,β-unsaturated/α-hetero) is 1. The number of amides is 1. The summed E-state index contributed by atoms with van der Waals surface area (Å²) in [7, 11) is 0. The number of piperidine rings is 1. The molecule has 3 heterocycles. The Balaban J connectivity index is 1.51. The van der Waals surface area contributed by atoms with Gasteiger partial charge in [-0.15, -0.1) is 0 Å². The molecule has 2 aliphatic heterocycles. The number of halogens is 6. The summed E-state index contributed by atoms with van der Waals surface area (Å²) < 4.78 is 58.8. The van der Waals surface area contributed by atoms with Gasteiger partial charge in [0.2, 0.25) is 0 Å². The SMILES string of the molecule is CC(C)N1[C@@H]2CC[C@@H]1CC(N(CC(=O)c1c(Cl)cc(F)cc1Cl)C(=O)c1cnn(C3CCC(C)(C(=O)O)CC3)c1C(F)(F)F)C2. The Labute approximate surface area is 268 Å². The molecule has 0 radical (unpaired) electrons. The Hall–Kier alpha value is -2.70. The van der Waals surface area contributed by atoms with Crippen molar-refractivity contribution >= 4 is 40.9 Å². The van der Waals surface area contributed by atoms with Gasteiger partial charge in [-0.2, -0.15) is 18.3 Å². The van der Waals surface area contributed by atoms with E-state index in [-0.39, 0.29) is 59.4 Å². The summed E-state index contributed by atoms with van der Waals surface area (Å²) in [6.45, 7) is 5.11. The molecule has 14 heteroatoms. The van der Waals surface area contributed by atoms with E-state index < -0.39 is 65.0 Å². The van der Waals surface area contributed by atoms with Gasteiger partial charge in [-0.25, -0.2) is 4.39 Å². The van der Waals surface area contributed by atoms with Gasteiger partial charge in [0.15, 0.2) is 11.5 Å². The van der Waals surface area contributed by atoms with Crippen molar-refractivity contribution in [2.75, 3.05) is 6.54 Å². The van der Waals surface area contributed by atoms with Gasteiger partial charge in [0.05, 0.1) is 45.4 Å². The lowest BCUT2D eigenvalue weighted by Crippen LogP contribution is -2.55. The van der Waals surface area contributed by atoms with E-state index in [0.717, 1.165) is 35.9 Å². The number of carbonyl (C=O) groups is 3. The van der Waals surface area contributed by atoms with E-state index in [1.54, 1.807) is 6.92 Å². The molecule has 45 heavy (non-hydrogen) atoms. The van der Waals surface area contributed by atoms with Gasteiger partial charge >= 0.3 is 12.1 Å². The highest BCUT2D eigenvalue weighted by Gasteiger charge is 2.48. The topological polar surface area (TPSA) is 95.7 Å². The zero-order valence-electron chi connectivity index (χ0n) is 25.2. The van der Waals surface area contributed by atoms with E-state index in [1.807, 2.05) is 0 Å². The summed E-state index contributed by atoms with van der Waals surface area (Å²) in [5.74, 6) is -3.49. The second-order valence-electron chi connectivity index (χ2n) is 13.1. The summed E-state index contributed by atoms with van der Waals surface area (Å²) in [5, 5.41) is 13.1. The molecule has 2 atom stereocenters. The van der Waals surface area contributed by atoms with Gasteiger partial charge in [0.1, 0.15) is 5.82 Å². The Morgan fingerprint density at radius 2 is 1.60 bits per heavy atom. The predicted molar refractivity (Wildman–Crippen MR) is 159 cm³/mol. The van der Waals surface area contributed by atoms with Crippen LogP contribution in [0.1, 0.15) is 105 Å². The van der Waals surface area contributed by atoms with Crippen molar-refractivity contribution < 1.29 is 37.1 Å². The maximum Gasteiger partial charge on any atom is 0.433 e. The van der Waals surface area contributed by atoms with Gasteiger partial charge in [0.25, 0.3) is 5.91 Å². The number of rotatable bonds is 8. The molecule has 1 aliphatic carbocycles. The maximum atomic E-state index is 14.7. The number of nitrogens with zero attached hydrogens (tertiary/aromatic N) is 4. The molecule has 1 N–H and O–H groups in total. The number of benzene rings is 1. The highest BCUT2D eigenvalue weighted by atomic mass is 35.5. The molecule has 8 nitrogen and oxygen atoms in total. The first-order chi connectivity index (χ1) is 21.0. The number of hydrogen-bond acceptors (Lipinski definition) is 5. The minimum absolute atomic E-state index is 0.0905. The van der Waals surface area contributed by atoms with Crippen molar-refractivity contribution in [1.82, 2.24) is 19.6 Å². The molecule has 3 aliphatic rings. The van der Waals surface area contributed by atoms with E-state index >= 15 is 0 Å². The number of carbonyl (C=O) groups excluding carboxylic acids is 2. The second kappa shape index (κ2) is 12.5. The zero-order valence-corrected chi connectivity index (χ0v) is 26.7. The Bertz CT molecular complexity index is 1450. The molecule has 0 unspecified atom stereocenters. The van der Waals surface area contributed by atoms with Crippen LogP contribution in [-0.4, -0.2) is 73.1 Å². The fraction of sp³-hybridized carbons (Fsp3) is 0.613. The van der Waals surface area contributed by atoms with Crippen molar-refractivity contribution in [2.45, 2.75) is 109 Å². The number of alkyl halides is 3. The molecule has 1 saturated carbocycles. The molecule has 2 bridgehead atoms. The van der Waals surface area contributed by atoms with Crippen molar-refractivity contribution in [3.8, 4) is 0 Å². The van der Waals surface area contributed by atoms with Crippen LogP contribution in [-0.2, 0) is 11.0 Å². The summed E-state index contributed by atoms with van der Waals surface area (Å²) in [6, 6.07) is 0.939. The van der Waals surface area contributed by atoms with Crippen LogP contribution in [0.5, 0.6) is 0 Å². The van der Waals surface area contributed by atoms with Crippen molar-refractivity contribution in [1.29, 1.82) is 0 Å². The van der Waals surface area contributed by atoms with Crippen LogP contribution in [0.25, 0.3) is 0 Å². The number of carboxylic acids is 1. The highest BCUT2D eigenvalue weighted by Crippen LogP contribution is 2.44. The lowest BCUT2D eigenvalue weighted by atomic mass is 9.74. The number of carboxylic acid groups (broad SMARTS) is 1. The van der Waals surface area contributed by atoms with Gasteiger partial charge in [-0.1, -0.05) is 23.2 Å². The molecule has 3 fully saturated rings. The number of fused-ring (bicyclic) bond motifs is 2. The van der Waals surface area contributed by atoms with Gasteiger partial charge in [0, 0.05) is 24.2 Å². The summed E-state index contributed by atoms with van der Waals surface area (Å²) in [4.78, 5) is 43.1. The molecular weight excluding hydrogens is 639 g/mol. The fourth-order valence-electron chi connectivity index (χ4n) is 7.62. The Morgan fingerprint density at radius 3 is 2.09 bits per heavy atom. The quantitative estimate of drug-likeness (QED) is 0.234. The highest BCUT2D eigenvalue weighted by molar-refractivity contribution is 6.40. The molecule has 5 rings (SSSR count). The van der Waals surface area contributed by atoms with Crippen LogP contribution < -0.4 is 0 Å². The monoisotopic (exact) mass is 674 g/mol. The maximum absolute atomic E-state index is 14.7. The fourth-order valence-corrected chi connectivity index (χ4v) is 8.29. The van der Waals surface area contributed by atoms with Crippen molar-refractivity contribution in [2.24, 2.45) is 5.41 Å². The molecule has 1 aromatic carbocycles. The van der Waals surface area contributed by atoms with Crippen LogP contribution in [0.3, 0.4) is 0 Å². The number of aliphatic carboxylic acids is 1. The normalized spacial score (nSPS) is 27.2. The first-order valence-corrected chi connectivity index (χ1v) is 15.9. The van der Waals surface area contributed by atoms with Gasteiger partial charge in [-0.05, 0) is 84.3 Å². The molecule has 246 valence electrons. The molecule has 1 aromatic heterocycles. The lowest BCUT2D eigenvalue weighted by molar-refractivity contribution is -0.152. The molecule has 1 amide bonds. The number of aromatic nitrogens is 2. The average Bonchev–Trinajstić information content (AvgIpc) is 3.50. The summed E-state index contributed by atoms with van der Waals surface area (Å²) in [5.41, 5.74) is -3.17. The Kier molecular flexibility index (Phi) is 9.34. The van der Waals surface area contributed by atoms with Crippen LogP contribution in [0.15, 0.2) is 18.3 Å². The minimum Gasteiger partial charge on any atom is -0.481 e. The molecule has 0 spiro atoms. The van der Waals surface area contributed by atoms with E-state index in [0.29, 0.717) is 12.8 Å². The third-order valence-electron chi connectivity index (χ3n) is 9.88. The number of ketones is 1. The van der Waals surface area contributed by atoms with Crippen LogP contribution >= 0.6 is 23.2 Å². The van der Waals surface area contributed by atoms with E-state index in [2.05, 4.69) is 23.8 Å². The molecular formula is C31H36Cl2F4N4O4. The lowest BCUT2D eigenvalue weighted by Gasteiger charge is -2.45. The first kappa shape index (κ1) is 33.7. The smallest absolute Gasteiger partial charge is 0.433 e. The van der Waals surface area contributed by atoms with E-state index in [9.17, 15) is 37.1 Å². The van der Waals surface area contributed by atoms with Gasteiger partial charge < -0.3 is 10.0 Å². The van der Waals surface area contributed by atoms with Crippen LogP contribution in [0.2, 0.25) is 10.0 Å². The van der Waals surface area contributed by atoms with Crippen molar-refractivity contribution in [3.05, 3.63) is 51.0 Å². The van der Waals surface area contributed by atoms with Gasteiger partial charge in [-0.3, -0.25) is 24.0 Å². The van der Waals surface area contributed by atoms with Crippen LogP contribution in [0.4, 0.5) is 17.6 Å². The molecule has 2 saturated heterocycles. The number of hydrogen-bond donors (Lipinski definition) is 1. The predicted octanol–water partition coefficient (Wildman–Crippen LogP) is 7.28. The zero-order chi connectivity index (χ0) is 33.0. The van der Waals surface area contributed by atoms with E-state index in [4.69, 9.17) is 23.2 Å². The largest absolute Gasteiger partial charge is 0.481 e. The minimum atomic E-state index is -4.96. The third kappa shape index (κ3) is 6.47. The second-order valence-corrected chi connectivity index (χ2v) is 13.9. The molecule has 2 aromatic rings.